The van der Waals surface area contributed by atoms with Gasteiger partial charge in [-0.3, -0.25) is 0 Å². The maximum Gasteiger partial charge on any atom is 0.337 e. The van der Waals surface area contributed by atoms with Crippen molar-refractivity contribution >= 4 is 11.7 Å². The van der Waals surface area contributed by atoms with E-state index in [1.54, 1.807) is 4.90 Å². The Bertz CT molecular complexity index is 450. The Labute approximate surface area is 105 Å². The van der Waals surface area contributed by atoms with Crippen LogP contribution in [0.5, 0.6) is 0 Å². The molecule has 1 aromatic carbocycles. The van der Waals surface area contributed by atoms with E-state index in [2.05, 4.69) is 0 Å². The van der Waals surface area contributed by atoms with Gasteiger partial charge in [0, 0.05) is 19.7 Å². The van der Waals surface area contributed by atoms with E-state index in [1.165, 1.54) is 18.2 Å². The predicted octanol–water partition coefficient (Wildman–Crippen LogP) is 1.73. The monoisotopic (exact) mass is 253 g/mol. The van der Waals surface area contributed by atoms with E-state index < -0.39 is 11.8 Å². The number of nitrogens with zero attached hydrogens (tertiary/aromatic N) is 1. The Balaban J connectivity index is 2.34. The van der Waals surface area contributed by atoms with Crippen LogP contribution in [-0.2, 0) is 0 Å². The highest BCUT2D eigenvalue weighted by Crippen LogP contribution is 2.29. The van der Waals surface area contributed by atoms with Gasteiger partial charge in [0.1, 0.15) is 5.82 Å². The molecule has 18 heavy (non-hydrogen) atoms. The van der Waals surface area contributed by atoms with Crippen LogP contribution in [0.4, 0.5) is 10.1 Å². The summed E-state index contributed by atoms with van der Waals surface area (Å²) in [6.07, 6.45) is 1.72. The molecule has 1 aliphatic rings. The average molecular weight is 253 g/mol. The van der Waals surface area contributed by atoms with Crippen LogP contribution in [-0.4, -0.2) is 35.9 Å². The van der Waals surface area contributed by atoms with Crippen LogP contribution in [0.2, 0.25) is 0 Å². The number of piperidine rings is 1. The minimum Gasteiger partial charge on any atom is -0.478 e. The lowest BCUT2D eigenvalue weighted by Gasteiger charge is -2.34. The third-order valence-electron chi connectivity index (χ3n) is 3.31. The quantitative estimate of drug-likeness (QED) is 0.861. The lowest BCUT2D eigenvalue weighted by molar-refractivity contribution is 0.0697. The van der Waals surface area contributed by atoms with Crippen molar-refractivity contribution < 1.29 is 19.4 Å². The first kappa shape index (κ1) is 12.8. The molecule has 1 aromatic rings. The fraction of sp³-hybridized carbons (Fsp3) is 0.462. The molecule has 0 aromatic heterocycles. The highest BCUT2D eigenvalue weighted by Gasteiger charge is 2.25. The van der Waals surface area contributed by atoms with Crippen LogP contribution in [0.15, 0.2) is 18.2 Å². The molecule has 1 unspecified atom stereocenters. The molecule has 1 heterocycles. The van der Waals surface area contributed by atoms with Gasteiger partial charge in [-0.05, 0) is 30.9 Å². The molecule has 0 saturated carbocycles. The van der Waals surface area contributed by atoms with Gasteiger partial charge in [-0.15, -0.1) is 0 Å². The summed E-state index contributed by atoms with van der Waals surface area (Å²) in [5, 5.41) is 18.3. The molecule has 98 valence electrons. The van der Waals surface area contributed by atoms with Crippen molar-refractivity contribution in [2.45, 2.75) is 12.8 Å². The minimum absolute atomic E-state index is 0.0198. The average Bonchev–Trinajstić information content (AvgIpc) is 2.38. The van der Waals surface area contributed by atoms with Gasteiger partial charge in [0.05, 0.1) is 11.3 Å². The van der Waals surface area contributed by atoms with Gasteiger partial charge in [0.15, 0.2) is 0 Å². The lowest BCUT2D eigenvalue weighted by Crippen LogP contribution is -2.38. The number of aliphatic hydroxyl groups excluding tert-OH is 1. The molecular weight excluding hydrogens is 237 g/mol. The third-order valence-corrected chi connectivity index (χ3v) is 3.31. The van der Waals surface area contributed by atoms with Gasteiger partial charge in [-0.2, -0.15) is 0 Å². The molecule has 1 fully saturated rings. The second kappa shape index (κ2) is 5.35. The molecule has 2 N–H and O–H groups in total. The number of aliphatic hydroxyl groups is 1. The third kappa shape index (κ3) is 2.46. The smallest absolute Gasteiger partial charge is 0.337 e. The molecule has 1 aliphatic heterocycles. The zero-order valence-electron chi connectivity index (χ0n) is 9.97. The number of hydrogen-bond donors (Lipinski definition) is 2. The van der Waals surface area contributed by atoms with Crippen molar-refractivity contribution in [1.82, 2.24) is 0 Å². The number of hydrogen-bond acceptors (Lipinski definition) is 3. The zero-order chi connectivity index (χ0) is 13.1. The molecule has 0 bridgehead atoms. The van der Waals surface area contributed by atoms with Crippen molar-refractivity contribution in [2.24, 2.45) is 5.92 Å². The van der Waals surface area contributed by atoms with E-state index in [0.29, 0.717) is 13.1 Å². The fourth-order valence-electron chi connectivity index (χ4n) is 2.43. The van der Waals surface area contributed by atoms with Crippen LogP contribution >= 0.6 is 0 Å². The van der Waals surface area contributed by atoms with Gasteiger partial charge in [-0.25, -0.2) is 9.18 Å². The number of para-hydroxylation sites is 1. The van der Waals surface area contributed by atoms with Crippen LogP contribution in [0.25, 0.3) is 0 Å². The van der Waals surface area contributed by atoms with Crippen LogP contribution in [0, 0.1) is 11.7 Å². The van der Waals surface area contributed by atoms with Crippen molar-refractivity contribution in [2.75, 3.05) is 24.6 Å². The molecule has 0 spiro atoms. The second-order valence-corrected chi connectivity index (χ2v) is 4.58. The van der Waals surface area contributed by atoms with E-state index in [0.717, 1.165) is 12.8 Å². The van der Waals surface area contributed by atoms with Gasteiger partial charge in [0.2, 0.25) is 0 Å². The molecular formula is C13H16FNO3. The summed E-state index contributed by atoms with van der Waals surface area (Å²) in [6.45, 7) is 1.17. The molecule has 0 amide bonds. The topological polar surface area (TPSA) is 60.8 Å². The first-order chi connectivity index (χ1) is 8.63. The van der Waals surface area contributed by atoms with Crippen LogP contribution in [0.3, 0.4) is 0 Å². The number of benzene rings is 1. The standard InChI is InChI=1S/C13H16FNO3/c14-11-5-1-4-10(13(17)18)12(11)15-6-2-3-9(7-15)8-16/h1,4-5,9,16H,2-3,6-8H2,(H,17,18). The molecule has 0 radical (unpaired) electrons. The first-order valence-corrected chi connectivity index (χ1v) is 6.01. The summed E-state index contributed by atoms with van der Waals surface area (Å²) in [6, 6.07) is 4.07. The molecule has 4 nitrogen and oxygen atoms in total. The molecule has 1 atom stereocenters. The Kier molecular flexibility index (Phi) is 3.81. The predicted molar refractivity (Wildman–Crippen MR) is 65.4 cm³/mol. The van der Waals surface area contributed by atoms with Gasteiger partial charge < -0.3 is 15.1 Å². The SMILES string of the molecule is O=C(O)c1cccc(F)c1N1CCCC(CO)C1. The molecule has 0 aliphatic carbocycles. The maximum atomic E-state index is 13.9. The van der Waals surface area contributed by atoms with Crippen molar-refractivity contribution in [3.63, 3.8) is 0 Å². The summed E-state index contributed by atoms with van der Waals surface area (Å²) in [4.78, 5) is 12.9. The van der Waals surface area contributed by atoms with E-state index in [1.807, 2.05) is 0 Å². The highest BCUT2D eigenvalue weighted by molar-refractivity contribution is 5.94. The molecule has 2 rings (SSSR count). The number of carboxylic acids is 1. The van der Waals surface area contributed by atoms with E-state index in [4.69, 9.17) is 10.2 Å². The number of aromatic carboxylic acids is 1. The summed E-state index contributed by atoms with van der Waals surface area (Å²) in [7, 11) is 0. The number of anilines is 1. The van der Waals surface area contributed by atoms with E-state index in [9.17, 15) is 9.18 Å². The Morgan fingerprint density at radius 1 is 1.50 bits per heavy atom. The first-order valence-electron chi connectivity index (χ1n) is 6.01. The van der Waals surface area contributed by atoms with Gasteiger partial charge >= 0.3 is 5.97 Å². The van der Waals surface area contributed by atoms with Crippen LogP contribution < -0.4 is 4.90 Å². The Morgan fingerprint density at radius 3 is 2.94 bits per heavy atom. The number of carbonyl (C=O) groups is 1. The summed E-state index contributed by atoms with van der Waals surface area (Å²) >= 11 is 0. The van der Waals surface area contributed by atoms with Gasteiger partial charge in [0.25, 0.3) is 0 Å². The molecule has 5 heteroatoms. The minimum atomic E-state index is -1.13. The Morgan fingerprint density at radius 2 is 2.28 bits per heavy atom. The van der Waals surface area contributed by atoms with Gasteiger partial charge in [-0.1, -0.05) is 6.07 Å². The molecule has 1 saturated heterocycles. The van der Waals surface area contributed by atoms with Crippen molar-refractivity contribution in [1.29, 1.82) is 0 Å². The van der Waals surface area contributed by atoms with Crippen LogP contribution in [0.1, 0.15) is 23.2 Å². The van der Waals surface area contributed by atoms with Crippen molar-refractivity contribution in [3.05, 3.63) is 29.6 Å². The number of halogens is 1. The maximum absolute atomic E-state index is 13.9. The van der Waals surface area contributed by atoms with E-state index >= 15 is 0 Å². The highest BCUT2D eigenvalue weighted by atomic mass is 19.1. The zero-order valence-corrected chi connectivity index (χ0v) is 9.97. The van der Waals surface area contributed by atoms with E-state index in [-0.39, 0.29) is 23.8 Å². The summed E-state index contributed by atoms with van der Waals surface area (Å²) in [5.41, 5.74) is 0.122. The lowest BCUT2D eigenvalue weighted by atomic mass is 9.97. The summed E-state index contributed by atoms with van der Waals surface area (Å²) in [5.74, 6) is -1.57. The Hall–Kier alpha value is -1.62. The number of carboxylic acid groups (broad SMARTS) is 1. The van der Waals surface area contributed by atoms with Crippen molar-refractivity contribution in [3.8, 4) is 0 Å². The second-order valence-electron chi connectivity index (χ2n) is 4.58. The summed E-state index contributed by atoms with van der Waals surface area (Å²) < 4.78 is 13.9. The largest absolute Gasteiger partial charge is 0.478 e. The normalized spacial score (nSPS) is 19.9. The fourth-order valence-corrected chi connectivity index (χ4v) is 2.43. The number of rotatable bonds is 3.